The summed E-state index contributed by atoms with van der Waals surface area (Å²) >= 11 is 0. The van der Waals surface area contributed by atoms with Crippen molar-refractivity contribution in [3.63, 3.8) is 0 Å². The zero-order valence-corrected chi connectivity index (χ0v) is 10.3. The van der Waals surface area contributed by atoms with Crippen LogP contribution < -0.4 is 10.5 Å². The smallest absolute Gasteiger partial charge is 0.129 e. The molecule has 2 rings (SSSR count). The van der Waals surface area contributed by atoms with Gasteiger partial charge in [0.2, 0.25) is 0 Å². The molecule has 1 heterocycles. The van der Waals surface area contributed by atoms with Crippen molar-refractivity contribution in [3.8, 4) is 5.75 Å². The van der Waals surface area contributed by atoms with E-state index in [9.17, 15) is 0 Å². The van der Waals surface area contributed by atoms with Crippen LogP contribution in [0.2, 0.25) is 0 Å². The average Bonchev–Trinajstić information content (AvgIpc) is 2.74. The van der Waals surface area contributed by atoms with E-state index < -0.39 is 0 Å². The molecule has 1 unspecified atom stereocenters. The molecule has 0 fully saturated rings. The van der Waals surface area contributed by atoms with E-state index in [0.717, 1.165) is 22.7 Å². The van der Waals surface area contributed by atoms with Crippen LogP contribution in [0, 0.1) is 6.92 Å². The zero-order chi connectivity index (χ0) is 12.4. The van der Waals surface area contributed by atoms with Crippen LogP contribution in [-0.2, 0) is 7.05 Å². The number of nitrogens with two attached hydrogens (primary N) is 1. The summed E-state index contributed by atoms with van der Waals surface area (Å²) in [5, 5.41) is 0. The van der Waals surface area contributed by atoms with Gasteiger partial charge in [0, 0.05) is 19.4 Å². The number of methoxy groups -OCH3 is 1. The Labute approximate surface area is 101 Å². The molecule has 2 aromatic rings. The highest BCUT2D eigenvalue weighted by Crippen LogP contribution is 2.24. The minimum atomic E-state index is -0.207. The Kier molecular flexibility index (Phi) is 3.15. The summed E-state index contributed by atoms with van der Waals surface area (Å²) in [6.07, 6.45) is 3.65. The SMILES string of the molecule is COc1ccc(C(N)c2nccn2C)c(C)c1. The number of imidazole rings is 1. The van der Waals surface area contributed by atoms with E-state index in [1.165, 1.54) is 0 Å². The molecule has 2 N–H and O–H groups in total. The minimum Gasteiger partial charge on any atom is -0.497 e. The van der Waals surface area contributed by atoms with Crippen LogP contribution in [0.3, 0.4) is 0 Å². The van der Waals surface area contributed by atoms with E-state index in [0.29, 0.717) is 0 Å². The van der Waals surface area contributed by atoms with Crippen molar-refractivity contribution in [2.45, 2.75) is 13.0 Å². The molecule has 4 heteroatoms. The van der Waals surface area contributed by atoms with Crippen molar-refractivity contribution in [1.82, 2.24) is 9.55 Å². The summed E-state index contributed by atoms with van der Waals surface area (Å²) in [5.41, 5.74) is 8.41. The summed E-state index contributed by atoms with van der Waals surface area (Å²) in [6, 6.07) is 5.69. The Balaban J connectivity index is 2.38. The topological polar surface area (TPSA) is 53.1 Å². The standard InChI is InChI=1S/C13H17N3O/c1-9-8-10(17-3)4-5-11(9)12(14)13-15-6-7-16(13)2/h4-8,12H,14H2,1-3H3. The Morgan fingerprint density at radius 2 is 2.18 bits per heavy atom. The third-order valence-electron chi connectivity index (χ3n) is 2.95. The van der Waals surface area contributed by atoms with Gasteiger partial charge in [-0.3, -0.25) is 0 Å². The van der Waals surface area contributed by atoms with Gasteiger partial charge in [0.1, 0.15) is 11.6 Å². The van der Waals surface area contributed by atoms with E-state index in [1.807, 2.05) is 42.9 Å². The summed E-state index contributed by atoms with van der Waals surface area (Å²) in [6.45, 7) is 2.03. The molecule has 1 aromatic carbocycles. The first-order valence-corrected chi connectivity index (χ1v) is 5.51. The number of hydrogen-bond donors (Lipinski definition) is 1. The highest BCUT2D eigenvalue weighted by molar-refractivity contribution is 5.38. The number of ether oxygens (including phenoxy) is 1. The lowest BCUT2D eigenvalue weighted by atomic mass is 10.0. The van der Waals surface area contributed by atoms with Gasteiger partial charge in [-0.25, -0.2) is 4.98 Å². The molecule has 4 nitrogen and oxygen atoms in total. The molecule has 0 aliphatic rings. The molecule has 1 aromatic heterocycles. The molecule has 0 aliphatic carbocycles. The summed E-state index contributed by atoms with van der Waals surface area (Å²) in [7, 11) is 3.61. The largest absolute Gasteiger partial charge is 0.497 e. The summed E-state index contributed by atoms with van der Waals surface area (Å²) in [5.74, 6) is 1.71. The van der Waals surface area contributed by atoms with E-state index >= 15 is 0 Å². The monoisotopic (exact) mass is 231 g/mol. The predicted molar refractivity (Wildman–Crippen MR) is 67.0 cm³/mol. The molecule has 17 heavy (non-hydrogen) atoms. The van der Waals surface area contributed by atoms with Gasteiger partial charge in [0.15, 0.2) is 0 Å². The Hall–Kier alpha value is -1.81. The second-order valence-electron chi connectivity index (χ2n) is 4.10. The van der Waals surface area contributed by atoms with Gasteiger partial charge in [-0.15, -0.1) is 0 Å². The van der Waals surface area contributed by atoms with Gasteiger partial charge >= 0.3 is 0 Å². The van der Waals surface area contributed by atoms with E-state index in [2.05, 4.69) is 4.98 Å². The van der Waals surface area contributed by atoms with E-state index in [-0.39, 0.29) is 6.04 Å². The van der Waals surface area contributed by atoms with Crippen molar-refractivity contribution < 1.29 is 4.74 Å². The number of rotatable bonds is 3. The number of aromatic nitrogens is 2. The molecular formula is C13H17N3O. The molecule has 0 saturated carbocycles. The van der Waals surface area contributed by atoms with Gasteiger partial charge in [0.25, 0.3) is 0 Å². The second kappa shape index (κ2) is 4.59. The fourth-order valence-electron chi connectivity index (χ4n) is 1.94. The normalized spacial score (nSPS) is 12.5. The molecule has 0 spiro atoms. The van der Waals surface area contributed by atoms with Crippen molar-refractivity contribution in [3.05, 3.63) is 47.5 Å². The van der Waals surface area contributed by atoms with Gasteiger partial charge in [-0.05, 0) is 30.2 Å². The number of nitrogens with zero attached hydrogens (tertiary/aromatic N) is 2. The lowest BCUT2D eigenvalue weighted by Gasteiger charge is -2.15. The fourth-order valence-corrected chi connectivity index (χ4v) is 1.94. The highest BCUT2D eigenvalue weighted by atomic mass is 16.5. The lowest BCUT2D eigenvalue weighted by Crippen LogP contribution is -2.17. The first-order chi connectivity index (χ1) is 8.13. The van der Waals surface area contributed by atoms with Gasteiger partial charge in [-0.2, -0.15) is 0 Å². The summed E-state index contributed by atoms with van der Waals surface area (Å²) < 4.78 is 7.12. The lowest BCUT2D eigenvalue weighted by molar-refractivity contribution is 0.414. The number of aryl methyl sites for hydroxylation is 2. The molecule has 0 amide bonds. The third-order valence-corrected chi connectivity index (χ3v) is 2.95. The van der Waals surface area contributed by atoms with Crippen LogP contribution in [0.5, 0.6) is 5.75 Å². The van der Waals surface area contributed by atoms with Crippen LogP contribution in [0.4, 0.5) is 0 Å². The van der Waals surface area contributed by atoms with Crippen LogP contribution >= 0.6 is 0 Å². The highest BCUT2D eigenvalue weighted by Gasteiger charge is 2.15. The van der Waals surface area contributed by atoms with Crippen molar-refractivity contribution in [2.24, 2.45) is 12.8 Å². The quantitative estimate of drug-likeness (QED) is 0.876. The van der Waals surface area contributed by atoms with Crippen LogP contribution in [0.1, 0.15) is 23.0 Å². The summed E-state index contributed by atoms with van der Waals surface area (Å²) in [4.78, 5) is 4.28. The first-order valence-electron chi connectivity index (χ1n) is 5.51. The molecule has 0 aliphatic heterocycles. The van der Waals surface area contributed by atoms with Gasteiger partial charge in [0.05, 0.1) is 13.2 Å². The Morgan fingerprint density at radius 1 is 1.41 bits per heavy atom. The number of benzene rings is 1. The molecule has 0 bridgehead atoms. The first kappa shape index (κ1) is 11.7. The maximum absolute atomic E-state index is 6.23. The van der Waals surface area contributed by atoms with Crippen LogP contribution in [0.15, 0.2) is 30.6 Å². The van der Waals surface area contributed by atoms with Crippen molar-refractivity contribution >= 4 is 0 Å². The second-order valence-corrected chi connectivity index (χ2v) is 4.10. The average molecular weight is 231 g/mol. The maximum Gasteiger partial charge on any atom is 0.129 e. The van der Waals surface area contributed by atoms with Gasteiger partial charge < -0.3 is 15.0 Å². The fraction of sp³-hybridized carbons (Fsp3) is 0.308. The van der Waals surface area contributed by atoms with Crippen LogP contribution in [0.25, 0.3) is 0 Å². The molecular weight excluding hydrogens is 214 g/mol. The van der Waals surface area contributed by atoms with E-state index in [1.54, 1.807) is 13.3 Å². The van der Waals surface area contributed by atoms with Crippen LogP contribution in [-0.4, -0.2) is 16.7 Å². The van der Waals surface area contributed by atoms with Crippen molar-refractivity contribution in [1.29, 1.82) is 0 Å². The minimum absolute atomic E-state index is 0.207. The Bertz CT molecular complexity index is 519. The van der Waals surface area contributed by atoms with Crippen molar-refractivity contribution in [2.75, 3.05) is 7.11 Å². The van der Waals surface area contributed by atoms with E-state index in [4.69, 9.17) is 10.5 Å². The zero-order valence-electron chi connectivity index (χ0n) is 10.3. The Morgan fingerprint density at radius 3 is 2.71 bits per heavy atom. The predicted octanol–water partition coefficient (Wildman–Crippen LogP) is 1.79. The van der Waals surface area contributed by atoms with Gasteiger partial charge in [-0.1, -0.05) is 6.07 Å². The molecule has 1 atom stereocenters. The molecule has 0 radical (unpaired) electrons. The maximum atomic E-state index is 6.23. The third kappa shape index (κ3) is 2.17. The molecule has 90 valence electrons. The number of hydrogen-bond acceptors (Lipinski definition) is 3. The molecule has 0 saturated heterocycles.